The molecule has 1 aliphatic carbocycles. The lowest BCUT2D eigenvalue weighted by atomic mass is 10.1. The van der Waals surface area contributed by atoms with E-state index in [2.05, 4.69) is 17.6 Å². The first-order chi connectivity index (χ1) is 8.05. The van der Waals surface area contributed by atoms with Gasteiger partial charge in [-0.15, -0.1) is 0 Å². The zero-order valence-corrected chi connectivity index (χ0v) is 11.4. The van der Waals surface area contributed by atoms with Gasteiger partial charge in [0.2, 0.25) is 0 Å². The van der Waals surface area contributed by atoms with E-state index in [1.165, 1.54) is 12.8 Å². The van der Waals surface area contributed by atoms with Gasteiger partial charge in [-0.05, 0) is 45.1 Å². The molecular formula is C12H24N2O2S. The quantitative estimate of drug-likeness (QED) is 0.701. The summed E-state index contributed by atoms with van der Waals surface area (Å²) < 4.78 is 22.6. The molecule has 5 heteroatoms. The SMILES string of the molecule is CC(CNC1CC1)NCCC1CCS(=O)(=O)C1. The van der Waals surface area contributed by atoms with E-state index < -0.39 is 9.84 Å². The van der Waals surface area contributed by atoms with Gasteiger partial charge in [-0.1, -0.05) is 0 Å². The average Bonchev–Trinajstić information content (AvgIpc) is 3.01. The predicted molar refractivity (Wildman–Crippen MR) is 69.9 cm³/mol. The molecule has 0 aromatic carbocycles. The van der Waals surface area contributed by atoms with Crippen LogP contribution in [-0.2, 0) is 9.84 Å². The van der Waals surface area contributed by atoms with Gasteiger partial charge in [0, 0.05) is 18.6 Å². The van der Waals surface area contributed by atoms with Crippen molar-refractivity contribution in [2.45, 2.75) is 44.7 Å². The average molecular weight is 260 g/mol. The van der Waals surface area contributed by atoms with Gasteiger partial charge < -0.3 is 10.6 Å². The van der Waals surface area contributed by atoms with E-state index in [0.29, 0.717) is 23.5 Å². The van der Waals surface area contributed by atoms with E-state index in [1.54, 1.807) is 0 Å². The van der Waals surface area contributed by atoms with E-state index in [9.17, 15) is 8.42 Å². The Kier molecular flexibility index (Phi) is 4.44. The Bertz CT molecular complexity index is 338. The number of rotatable bonds is 7. The summed E-state index contributed by atoms with van der Waals surface area (Å²) in [5.41, 5.74) is 0. The molecule has 2 aliphatic rings. The Morgan fingerprint density at radius 2 is 2.06 bits per heavy atom. The normalized spacial score (nSPS) is 29.4. The zero-order valence-electron chi connectivity index (χ0n) is 10.6. The maximum atomic E-state index is 11.3. The van der Waals surface area contributed by atoms with Crippen molar-refractivity contribution in [3.05, 3.63) is 0 Å². The Morgan fingerprint density at radius 1 is 1.29 bits per heavy atom. The summed E-state index contributed by atoms with van der Waals surface area (Å²) in [5.74, 6) is 1.19. The second-order valence-corrected chi connectivity index (χ2v) is 7.82. The number of nitrogens with one attached hydrogen (secondary N) is 2. The van der Waals surface area contributed by atoms with Crippen LogP contribution in [0.15, 0.2) is 0 Å². The molecule has 0 radical (unpaired) electrons. The Balaban J connectivity index is 1.53. The maximum absolute atomic E-state index is 11.3. The van der Waals surface area contributed by atoms with Crippen LogP contribution in [0, 0.1) is 5.92 Å². The molecule has 0 aromatic heterocycles. The van der Waals surface area contributed by atoms with Crippen LogP contribution >= 0.6 is 0 Å². The van der Waals surface area contributed by atoms with Crippen molar-refractivity contribution in [2.24, 2.45) is 5.92 Å². The molecular weight excluding hydrogens is 236 g/mol. The third-order valence-corrected chi connectivity index (χ3v) is 5.50. The number of hydrogen-bond donors (Lipinski definition) is 2. The Labute approximate surface area is 104 Å². The molecule has 0 aromatic rings. The van der Waals surface area contributed by atoms with Crippen molar-refractivity contribution in [2.75, 3.05) is 24.6 Å². The van der Waals surface area contributed by atoms with Crippen LogP contribution in [0.25, 0.3) is 0 Å². The molecule has 1 heterocycles. The van der Waals surface area contributed by atoms with Gasteiger partial charge in [0.05, 0.1) is 11.5 Å². The largest absolute Gasteiger partial charge is 0.313 e. The summed E-state index contributed by atoms with van der Waals surface area (Å²) in [4.78, 5) is 0. The molecule has 100 valence electrons. The topological polar surface area (TPSA) is 58.2 Å². The van der Waals surface area contributed by atoms with Crippen molar-refractivity contribution in [3.8, 4) is 0 Å². The van der Waals surface area contributed by atoms with Crippen LogP contribution < -0.4 is 10.6 Å². The molecule has 2 unspecified atom stereocenters. The zero-order chi connectivity index (χ0) is 12.3. The van der Waals surface area contributed by atoms with Crippen LogP contribution in [0.2, 0.25) is 0 Å². The molecule has 0 bridgehead atoms. The minimum absolute atomic E-state index is 0.385. The molecule has 0 spiro atoms. The van der Waals surface area contributed by atoms with Crippen molar-refractivity contribution >= 4 is 9.84 Å². The van der Waals surface area contributed by atoms with Crippen molar-refractivity contribution in [1.82, 2.24) is 10.6 Å². The van der Waals surface area contributed by atoms with Crippen LogP contribution in [0.5, 0.6) is 0 Å². The first-order valence-electron chi connectivity index (χ1n) is 6.72. The molecule has 4 nitrogen and oxygen atoms in total. The molecule has 1 saturated heterocycles. The van der Waals surface area contributed by atoms with E-state index in [1.807, 2.05) is 0 Å². The van der Waals surface area contributed by atoms with Gasteiger partial charge in [-0.2, -0.15) is 0 Å². The fourth-order valence-corrected chi connectivity index (χ4v) is 4.25. The Hall–Kier alpha value is -0.130. The van der Waals surface area contributed by atoms with Crippen molar-refractivity contribution in [3.63, 3.8) is 0 Å². The third kappa shape index (κ3) is 4.94. The molecule has 1 saturated carbocycles. The van der Waals surface area contributed by atoms with E-state index in [0.717, 1.165) is 32.0 Å². The standard InChI is InChI=1S/C12H24N2O2S/c1-10(8-14-12-2-3-12)13-6-4-11-5-7-17(15,16)9-11/h10-14H,2-9H2,1H3. The summed E-state index contributed by atoms with van der Waals surface area (Å²) in [7, 11) is -2.70. The minimum atomic E-state index is -2.70. The second kappa shape index (κ2) is 5.67. The summed E-state index contributed by atoms with van der Waals surface area (Å²) in [6.45, 7) is 4.14. The van der Waals surface area contributed by atoms with Gasteiger partial charge in [-0.25, -0.2) is 8.42 Å². The number of sulfone groups is 1. The maximum Gasteiger partial charge on any atom is 0.150 e. The summed E-state index contributed by atoms with van der Waals surface area (Å²) in [6, 6.07) is 1.24. The monoisotopic (exact) mass is 260 g/mol. The van der Waals surface area contributed by atoms with Gasteiger partial charge in [0.1, 0.15) is 0 Å². The lowest BCUT2D eigenvalue weighted by molar-refractivity contribution is 0.453. The van der Waals surface area contributed by atoms with Crippen molar-refractivity contribution in [1.29, 1.82) is 0 Å². The molecule has 2 fully saturated rings. The smallest absolute Gasteiger partial charge is 0.150 e. The van der Waals surface area contributed by atoms with E-state index >= 15 is 0 Å². The lowest BCUT2D eigenvalue weighted by Gasteiger charge is -2.15. The summed E-state index contributed by atoms with van der Waals surface area (Å²) >= 11 is 0. The third-order valence-electron chi connectivity index (χ3n) is 3.66. The van der Waals surface area contributed by atoms with Crippen LogP contribution in [0.1, 0.15) is 32.6 Å². The van der Waals surface area contributed by atoms with Gasteiger partial charge >= 0.3 is 0 Å². The van der Waals surface area contributed by atoms with Crippen LogP contribution in [0.3, 0.4) is 0 Å². The van der Waals surface area contributed by atoms with Crippen molar-refractivity contribution < 1.29 is 8.42 Å². The summed E-state index contributed by atoms with van der Waals surface area (Å²) in [5, 5.41) is 6.95. The second-order valence-electron chi connectivity index (χ2n) is 5.60. The molecule has 17 heavy (non-hydrogen) atoms. The molecule has 2 N–H and O–H groups in total. The first kappa shape index (κ1) is 13.3. The van der Waals surface area contributed by atoms with Gasteiger partial charge in [0.25, 0.3) is 0 Å². The lowest BCUT2D eigenvalue weighted by Crippen LogP contribution is -2.38. The summed E-state index contributed by atoms with van der Waals surface area (Å²) in [6.07, 6.45) is 4.50. The molecule has 2 rings (SSSR count). The van der Waals surface area contributed by atoms with Gasteiger partial charge in [0.15, 0.2) is 9.84 Å². The fourth-order valence-electron chi connectivity index (χ4n) is 2.34. The minimum Gasteiger partial charge on any atom is -0.313 e. The highest BCUT2D eigenvalue weighted by atomic mass is 32.2. The molecule has 1 aliphatic heterocycles. The fraction of sp³-hybridized carbons (Fsp3) is 1.00. The van der Waals surface area contributed by atoms with E-state index in [-0.39, 0.29) is 0 Å². The van der Waals surface area contributed by atoms with Crippen LogP contribution in [0.4, 0.5) is 0 Å². The highest BCUT2D eigenvalue weighted by Crippen LogP contribution is 2.21. The number of hydrogen-bond acceptors (Lipinski definition) is 4. The predicted octanol–water partition coefficient (Wildman–Crippen LogP) is 0.541. The Morgan fingerprint density at radius 3 is 2.65 bits per heavy atom. The molecule has 0 amide bonds. The first-order valence-corrected chi connectivity index (χ1v) is 8.54. The van der Waals surface area contributed by atoms with E-state index in [4.69, 9.17) is 0 Å². The molecule has 2 atom stereocenters. The van der Waals surface area contributed by atoms with Gasteiger partial charge in [-0.3, -0.25) is 0 Å². The highest BCUT2D eigenvalue weighted by Gasteiger charge is 2.27. The highest BCUT2D eigenvalue weighted by molar-refractivity contribution is 7.91. The van der Waals surface area contributed by atoms with Crippen LogP contribution in [-0.4, -0.2) is 45.1 Å².